The van der Waals surface area contributed by atoms with Crippen LogP contribution in [0, 0.1) is 0 Å². The molecule has 24 heavy (non-hydrogen) atoms. The van der Waals surface area contributed by atoms with Crippen molar-refractivity contribution in [3.63, 3.8) is 0 Å². The van der Waals surface area contributed by atoms with Crippen LogP contribution in [0.1, 0.15) is 26.3 Å². The molecule has 3 heterocycles. The SMILES string of the molecule is CC(C)(C)OC(=O)N1CC2=C(CN(C(=O)Cc3ccncc3)C2)C1. The van der Waals surface area contributed by atoms with Crippen molar-refractivity contribution in [1.82, 2.24) is 14.8 Å². The standard InChI is InChI=1S/C18H23N3O3/c1-18(2,3)24-17(23)21-11-14-9-20(10-15(14)12-21)16(22)8-13-4-6-19-7-5-13/h4-7H,8-12H2,1-3H3. The first-order valence-electron chi connectivity index (χ1n) is 8.16. The fourth-order valence-electron chi connectivity index (χ4n) is 3.00. The molecular formula is C18H23N3O3. The molecule has 2 aliphatic heterocycles. The maximum Gasteiger partial charge on any atom is 0.410 e. The number of carbonyl (C=O) groups excluding carboxylic acids is 2. The maximum atomic E-state index is 12.4. The minimum atomic E-state index is -0.489. The smallest absolute Gasteiger partial charge is 0.410 e. The molecule has 128 valence electrons. The zero-order valence-corrected chi connectivity index (χ0v) is 14.4. The first-order chi connectivity index (χ1) is 11.3. The van der Waals surface area contributed by atoms with Gasteiger partial charge in [0.2, 0.25) is 5.91 Å². The molecular weight excluding hydrogens is 306 g/mol. The zero-order chi connectivity index (χ0) is 17.3. The van der Waals surface area contributed by atoms with Gasteiger partial charge in [-0.05, 0) is 49.6 Å². The second-order valence-corrected chi connectivity index (χ2v) is 7.33. The second kappa shape index (κ2) is 6.26. The number of amides is 2. The van der Waals surface area contributed by atoms with Crippen LogP contribution in [-0.4, -0.2) is 58.6 Å². The summed E-state index contributed by atoms with van der Waals surface area (Å²) in [5, 5.41) is 0. The molecule has 2 amide bonds. The monoisotopic (exact) mass is 329 g/mol. The van der Waals surface area contributed by atoms with Crippen molar-refractivity contribution in [3.8, 4) is 0 Å². The molecule has 0 spiro atoms. The summed E-state index contributed by atoms with van der Waals surface area (Å²) >= 11 is 0. The van der Waals surface area contributed by atoms with Gasteiger partial charge in [0.05, 0.1) is 6.42 Å². The lowest BCUT2D eigenvalue weighted by Gasteiger charge is -2.26. The van der Waals surface area contributed by atoms with Crippen molar-refractivity contribution >= 4 is 12.0 Å². The van der Waals surface area contributed by atoms with Crippen LogP contribution < -0.4 is 0 Å². The molecule has 0 fully saturated rings. The summed E-state index contributed by atoms with van der Waals surface area (Å²) in [6.45, 7) is 7.93. The highest BCUT2D eigenvalue weighted by atomic mass is 16.6. The molecule has 0 aliphatic carbocycles. The molecule has 1 aromatic heterocycles. The fourth-order valence-corrected chi connectivity index (χ4v) is 3.00. The van der Waals surface area contributed by atoms with Crippen LogP contribution in [0.2, 0.25) is 0 Å². The Morgan fingerprint density at radius 3 is 2.12 bits per heavy atom. The lowest BCUT2D eigenvalue weighted by atomic mass is 10.2. The third-order valence-electron chi connectivity index (χ3n) is 4.14. The van der Waals surface area contributed by atoms with Gasteiger partial charge >= 0.3 is 6.09 Å². The minimum Gasteiger partial charge on any atom is -0.444 e. The Morgan fingerprint density at radius 1 is 1.04 bits per heavy atom. The first-order valence-corrected chi connectivity index (χ1v) is 8.16. The predicted molar refractivity (Wildman–Crippen MR) is 89.4 cm³/mol. The minimum absolute atomic E-state index is 0.111. The topological polar surface area (TPSA) is 62.7 Å². The quantitative estimate of drug-likeness (QED) is 0.779. The van der Waals surface area contributed by atoms with Crippen molar-refractivity contribution in [1.29, 1.82) is 0 Å². The van der Waals surface area contributed by atoms with Crippen molar-refractivity contribution < 1.29 is 14.3 Å². The van der Waals surface area contributed by atoms with E-state index >= 15 is 0 Å². The zero-order valence-electron chi connectivity index (χ0n) is 14.4. The predicted octanol–water partition coefficient (Wildman–Crippen LogP) is 2.01. The van der Waals surface area contributed by atoms with Crippen molar-refractivity contribution in [2.45, 2.75) is 32.8 Å². The van der Waals surface area contributed by atoms with E-state index in [4.69, 9.17) is 4.74 Å². The van der Waals surface area contributed by atoms with Gasteiger partial charge in [-0.25, -0.2) is 4.79 Å². The highest BCUT2D eigenvalue weighted by molar-refractivity contribution is 5.80. The molecule has 0 bridgehead atoms. The number of hydrogen-bond acceptors (Lipinski definition) is 4. The van der Waals surface area contributed by atoms with Gasteiger partial charge in [0, 0.05) is 38.6 Å². The highest BCUT2D eigenvalue weighted by Crippen LogP contribution is 2.27. The molecule has 0 unspecified atom stereocenters. The Bertz CT molecular complexity index is 658. The van der Waals surface area contributed by atoms with E-state index < -0.39 is 5.60 Å². The Kier molecular flexibility index (Phi) is 4.30. The van der Waals surface area contributed by atoms with Crippen LogP contribution in [0.4, 0.5) is 4.79 Å². The Hall–Kier alpha value is -2.37. The van der Waals surface area contributed by atoms with E-state index in [2.05, 4.69) is 4.98 Å². The van der Waals surface area contributed by atoms with Gasteiger partial charge in [0.15, 0.2) is 0 Å². The molecule has 0 aromatic carbocycles. The largest absolute Gasteiger partial charge is 0.444 e. The van der Waals surface area contributed by atoms with E-state index in [0.29, 0.717) is 32.6 Å². The summed E-state index contributed by atoms with van der Waals surface area (Å²) in [6.07, 6.45) is 3.50. The van der Waals surface area contributed by atoms with E-state index in [1.54, 1.807) is 17.3 Å². The number of aromatic nitrogens is 1. The van der Waals surface area contributed by atoms with E-state index in [1.165, 1.54) is 11.1 Å². The third-order valence-corrected chi connectivity index (χ3v) is 4.14. The summed E-state index contributed by atoms with van der Waals surface area (Å²) in [5.41, 5.74) is 2.82. The van der Waals surface area contributed by atoms with Crippen molar-refractivity contribution in [2.75, 3.05) is 26.2 Å². The fraction of sp³-hybridized carbons (Fsp3) is 0.500. The maximum absolute atomic E-state index is 12.4. The van der Waals surface area contributed by atoms with Gasteiger partial charge in [-0.2, -0.15) is 0 Å². The van der Waals surface area contributed by atoms with Crippen LogP contribution in [0.3, 0.4) is 0 Å². The molecule has 0 atom stereocenters. The summed E-state index contributed by atoms with van der Waals surface area (Å²) in [5.74, 6) is 0.111. The average Bonchev–Trinajstić information content (AvgIpc) is 3.05. The number of ether oxygens (including phenoxy) is 1. The summed E-state index contributed by atoms with van der Waals surface area (Å²) in [7, 11) is 0. The molecule has 6 nitrogen and oxygen atoms in total. The summed E-state index contributed by atoms with van der Waals surface area (Å²) in [6, 6.07) is 3.72. The van der Waals surface area contributed by atoms with Gasteiger partial charge in [0.25, 0.3) is 0 Å². The molecule has 0 saturated heterocycles. The van der Waals surface area contributed by atoms with Crippen molar-refractivity contribution in [3.05, 3.63) is 41.2 Å². The molecule has 1 aromatic rings. The van der Waals surface area contributed by atoms with Gasteiger partial charge in [-0.1, -0.05) is 0 Å². The second-order valence-electron chi connectivity index (χ2n) is 7.33. The van der Waals surface area contributed by atoms with Crippen LogP contribution in [-0.2, 0) is 16.0 Å². The Labute approximate surface area is 142 Å². The summed E-state index contributed by atoms with van der Waals surface area (Å²) < 4.78 is 5.41. The first kappa shape index (κ1) is 16.5. The molecule has 6 heteroatoms. The van der Waals surface area contributed by atoms with Gasteiger partial charge < -0.3 is 14.5 Å². The van der Waals surface area contributed by atoms with Crippen molar-refractivity contribution in [2.24, 2.45) is 0 Å². The number of rotatable bonds is 2. The average molecular weight is 329 g/mol. The van der Waals surface area contributed by atoms with E-state index in [1.807, 2.05) is 37.8 Å². The molecule has 0 radical (unpaired) electrons. The lowest BCUT2D eigenvalue weighted by molar-refractivity contribution is -0.129. The van der Waals surface area contributed by atoms with E-state index in [0.717, 1.165) is 5.56 Å². The molecule has 2 aliphatic rings. The highest BCUT2D eigenvalue weighted by Gasteiger charge is 2.35. The van der Waals surface area contributed by atoms with E-state index in [-0.39, 0.29) is 12.0 Å². The Morgan fingerprint density at radius 2 is 1.58 bits per heavy atom. The lowest BCUT2D eigenvalue weighted by Crippen LogP contribution is -2.39. The number of carbonyl (C=O) groups is 2. The molecule has 3 rings (SSSR count). The third kappa shape index (κ3) is 3.75. The van der Waals surface area contributed by atoms with E-state index in [9.17, 15) is 9.59 Å². The number of nitrogens with zero attached hydrogens (tertiary/aromatic N) is 3. The number of hydrogen-bond donors (Lipinski definition) is 0. The van der Waals surface area contributed by atoms with Crippen LogP contribution in [0.5, 0.6) is 0 Å². The van der Waals surface area contributed by atoms with Crippen LogP contribution in [0.15, 0.2) is 35.7 Å². The molecule has 0 N–H and O–H groups in total. The van der Waals surface area contributed by atoms with Crippen LogP contribution >= 0.6 is 0 Å². The van der Waals surface area contributed by atoms with Gasteiger partial charge in [-0.3, -0.25) is 9.78 Å². The normalized spacial score (nSPS) is 17.3. The summed E-state index contributed by atoms with van der Waals surface area (Å²) in [4.78, 5) is 32.1. The Balaban J connectivity index is 1.52. The molecule has 0 saturated carbocycles. The van der Waals surface area contributed by atoms with Gasteiger partial charge in [0.1, 0.15) is 5.60 Å². The van der Waals surface area contributed by atoms with Crippen LogP contribution in [0.25, 0.3) is 0 Å². The number of pyridine rings is 1. The van der Waals surface area contributed by atoms with Gasteiger partial charge in [-0.15, -0.1) is 0 Å².